The lowest BCUT2D eigenvalue weighted by Crippen LogP contribution is -2.53. The van der Waals surface area contributed by atoms with Crippen LogP contribution in [0.15, 0.2) is 67.4 Å². The lowest BCUT2D eigenvalue weighted by atomic mass is 9.72. The fraction of sp³-hybridized carbons (Fsp3) is 0.467. The maximum absolute atomic E-state index is 13.6. The standard InChI is InChI=1S/C30H36F3N7O/c1-37(21-24-5-9-34-10-6-24)23-29(25-3-2-4-26(19-25)30(31,32)33)7-13-40(14-8-29)28(41)22-38-15-17-39(18-16-38)27-20-35-11-12-36-27/h2-6,9-12,19-20H,7-8,13-18,21-23H2,1H3. The molecule has 41 heavy (non-hydrogen) atoms. The van der Waals surface area contributed by atoms with E-state index in [1.807, 2.05) is 30.1 Å². The molecule has 218 valence electrons. The molecule has 1 amide bonds. The van der Waals surface area contributed by atoms with Crippen LogP contribution in [0.2, 0.25) is 0 Å². The first-order valence-electron chi connectivity index (χ1n) is 14.0. The molecule has 8 nitrogen and oxygen atoms in total. The Morgan fingerprint density at radius 2 is 1.68 bits per heavy atom. The Morgan fingerprint density at radius 1 is 0.951 bits per heavy atom. The number of carbonyl (C=O) groups excluding carboxylic acids is 1. The number of hydrogen-bond acceptors (Lipinski definition) is 7. The highest BCUT2D eigenvalue weighted by molar-refractivity contribution is 5.78. The van der Waals surface area contributed by atoms with Gasteiger partial charge in [0.05, 0.1) is 18.3 Å². The Bertz CT molecular complexity index is 1280. The number of halogens is 3. The lowest BCUT2D eigenvalue weighted by molar-refractivity contribution is -0.137. The number of likely N-dealkylation sites (N-methyl/N-ethyl adjacent to an activating group) is 1. The summed E-state index contributed by atoms with van der Waals surface area (Å²) in [7, 11) is 1.99. The molecule has 0 N–H and O–H groups in total. The van der Waals surface area contributed by atoms with Gasteiger partial charge in [0.2, 0.25) is 5.91 Å². The Labute approximate surface area is 238 Å². The van der Waals surface area contributed by atoms with Gasteiger partial charge in [-0.3, -0.25) is 19.7 Å². The number of hydrogen-bond donors (Lipinski definition) is 0. The summed E-state index contributed by atoms with van der Waals surface area (Å²) in [6.07, 6.45) is 5.35. The third-order valence-corrected chi connectivity index (χ3v) is 8.25. The van der Waals surface area contributed by atoms with E-state index in [1.54, 1.807) is 31.0 Å². The van der Waals surface area contributed by atoms with Gasteiger partial charge in [-0.05, 0) is 49.2 Å². The fourth-order valence-corrected chi connectivity index (χ4v) is 6.00. The number of alkyl halides is 3. The highest BCUT2D eigenvalue weighted by atomic mass is 19.4. The van der Waals surface area contributed by atoms with E-state index in [1.165, 1.54) is 12.1 Å². The minimum atomic E-state index is -4.41. The number of rotatable bonds is 8. The summed E-state index contributed by atoms with van der Waals surface area (Å²) in [5.41, 5.74) is 0.641. The Morgan fingerprint density at radius 3 is 2.34 bits per heavy atom. The van der Waals surface area contributed by atoms with Crippen molar-refractivity contribution >= 4 is 11.7 Å². The van der Waals surface area contributed by atoms with Gasteiger partial charge in [-0.1, -0.05) is 18.2 Å². The van der Waals surface area contributed by atoms with Gasteiger partial charge >= 0.3 is 6.18 Å². The summed E-state index contributed by atoms with van der Waals surface area (Å²) in [6.45, 7) is 5.66. The largest absolute Gasteiger partial charge is 0.416 e. The van der Waals surface area contributed by atoms with E-state index in [0.29, 0.717) is 51.1 Å². The van der Waals surface area contributed by atoms with E-state index in [9.17, 15) is 18.0 Å². The zero-order valence-corrected chi connectivity index (χ0v) is 23.3. The molecule has 0 bridgehead atoms. The van der Waals surface area contributed by atoms with Crippen LogP contribution < -0.4 is 4.90 Å². The quantitative estimate of drug-likeness (QED) is 0.411. The first kappa shape index (κ1) is 28.9. The second-order valence-electron chi connectivity index (χ2n) is 11.1. The summed E-state index contributed by atoms with van der Waals surface area (Å²) in [4.78, 5) is 34.2. The summed E-state index contributed by atoms with van der Waals surface area (Å²) in [5, 5.41) is 0. The van der Waals surface area contributed by atoms with Crippen molar-refractivity contribution in [2.45, 2.75) is 31.0 Å². The molecule has 0 unspecified atom stereocenters. The van der Waals surface area contributed by atoms with Crippen molar-refractivity contribution in [1.29, 1.82) is 0 Å². The Balaban J connectivity index is 1.24. The van der Waals surface area contributed by atoms with Crippen LogP contribution in [0.5, 0.6) is 0 Å². The maximum Gasteiger partial charge on any atom is 0.416 e. The minimum absolute atomic E-state index is 0.0701. The molecule has 4 heterocycles. The molecule has 0 aliphatic carbocycles. The summed E-state index contributed by atoms with van der Waals surface area (Å²) in [5.74, 6) is 0.912. The molecular weight excluding hydrogens is 531 g/mol. The monoisotopic (exact) mass is 567 g/mol. The smallest absolute Gasteiger partial charge is 0.353 e. The van der Waals surface area contributed by atoms with Gasteiger partial charge in [0.1, 0.15) is 5.82 Å². The second kappa shape index (κ2) is 12.5. The molecule has 3 aromatic rings. The Hall–Kier alpha value is -3.57. The number of anilines is 1. The van der Waals surface area contributed by atoms with Crippen molar-refractivity contribution in [3.63, 3.8) is 0 Å². The molecule has 2 fully saturated rings. The van der Waals surface area contributed by atoms with Crippen LogP contribution in [0.25, 0.3) is 0 Å². The first-order chi connectivity index (χ1) is 19.7. The lowest BCUT2D eigenvalue weighted by Gasteiger charge is -2.45. The number of pyridine rings is 1. The third kappa shape index (κ3) is 7.20. The van der Waals surface area contributed by atoms with Crippen LogP contribution in [0.3, 0.4) is 0 Å². The van der Waals surface area contributed by atoms with E-state index in [0.717, 1.165) is 43.6 Å². The molecule has 0 spiro atoms. The van der Waals surface area contributed by atoms with Crippen molar-refractivity contribution in [2.75, 3.05) is 64.3 Å². The number of piperidine rings is 1. The van der Waals surface area contributed by atoms with Crippen molar-refractivity contribution in [1.82, 2.24) is 29.7 Å². The van der Waals surface area contributed by atoms with Crippen molar-refractivity contribution < 1.29 is 18.0 Å². The number of benzene rings is 1. The number of likely N-dealkylation sites (tertiary alicyclic amines) is 1. The highest BCUT2D eigenvalue weighted by Gasteiger charge is 2.40. The van der Waals surface area contributed by atoms with Gasteiger partial charge < -0.3 is 14.7 Å². The zero-order valence-electron chi connectivity index (χ0n) is 23.3. The second-order valence-corrected chi connectivity index (χ2v) is 11.1. The van der Waals surface area contributed by atoms with Crippen LogP contribution in [0.1, 0.15) is 29.5 Å². The molecule has 5 rings (SSSR count). The third-order valence-electron chi connectivity index (χ3n) is 8.25. The van der Waals surface area contributed by atoms with E-state index >= 15 is 0 Å². The van der Waals surface area contributed by atoms with Gasteiger partial charge in [-0.25, -0.2) is 4.98 Å². The average Bonchev–Trinajstić information content (AvgIpc) is 2.98. The number of aromatic nitrogens is 3. The predicted octanol–water partition coefficient (Wildman–Crippen LogP) is 3.70. The highest BCUT2D eigenvalue weighted by Crippen LogP contribution is 2.39. The molecule has 2 aliphatic rings. The minimum Gasteiger partial charge on any atom is -0.353 e. The Kier molecular flexibility index (Phi) is 8.84. The van der Waals surface area contributed by atoms with E-state index in [-0.39, 0.29) is 5.91 Å². The van der Waals surface area contributed by atoms with Crippen molar-refractivity contribution in [3.05, 3.63) is 84.1 Å². The van der Waals surface area contributed by atoms with Crippen LogP contribution in [-0.4, -0.2) is 95.0 Å². The number of nitrogens with zero attached hydrogens (tertiary/aromatic N) is 7. The summed E-state index contributed by atoms with van der Waals surface area (Å²) < 4.78 is 40.9. The van der Waals surface area contributed by atoms with Crippen LogP contribution in [0, 0.1) is 0 Å². The molecular formula is C30H36F3N7O. The molecule has 1 aromatic carbocycles. The maximum atomic E-state index is 13.6. The van der Waals surface area contributed by atoms with E-state index in [2.05, 4.69) is 29.7 Å². The number of piperazine rings is 1. The van der Waals surface area contributed by atoms with Crippen LogP contribution in [0.4, 0.5) is 19.0 Å². The molecule has 0 saturated carbocycles. The molecule has 0 radical (unpaired) electrons. The van der Waals surface area contributed by atoms with E-state index in [4.69, 9.17) is 0 Å². The SMILES string of the molecule is CN(Cc1ccncc1)CC1(c2cccc(C(F)(F)F)c2)CCN(C(=O)CN2CCN(c3cnccn3)CC2)CC1. The fourth-order valence-electron chi connectivity index (χ4n) is 6.00. The molecule has 2 saturated heterocycles. The van der Waals surface area contributed by atoms with Crippen LogP contribution in [-0.2, 0) is 22.9 Å². The van der Waals surface area contributed by atoms with Crippen LogP contribution >= 0.6 is 0 Å². The van der Waals surface area contributed by atoms with Gasteiger partial charge in [-0.2, -0.15) is 13.2 Å². The molecule has 2 aromatic heterocycles. The number of carbonyl (C=O) groups is 1. The topological polar surface area (TPSA) is 68.7 Å². The predicted molar refractivity (Wildman–Crippen MR) is 150 cm³/mol. The van der Waals surface area contributed by atoms with Crippen molar-refractivity contribution in [2.24, 2.45) is 0 Å². The first-order valence-corrected chi connectivity index (χ1v) is 14.0. The normalized spacial score (nSPS) is 18.1. The number of amides is 1. The zero-order chi connectivity index (χ0) is 28.9. The van der Waals surface area contributed by atoms with E-state index < -0.39 is 17.2 Å². The van der Waals surface area contributed by atoms with Gasteiger partial charge in [0.25, 0.3) is 0 Å². The van der Waals surface area contributed by atoms with Gasteiger partial charge in [-0.15, -0.1) is 0 Å². The van der Waals surface area contributed by atoms with Gasteiger partial charge in [0, 0.05) is 82.6 Å². The summed E-state index contributed by atoms with van der Waals surface area (Å²) >= 11 is 0. The molecule has 0 atom stereocenters. The summed E-state index contributed by atoms with van der Waals surface area (Å²) in [6, 6.07) is 9.63. The molecule has 11 heteroatoms. The average molecular weight is 568 g/mol. The van der Waals surface area contributed by atoms with Crippen molar-refractivity contribution in [3.8, 4) is 0 Å². The van der Waals surface area contributed by atoms with Gasteiger partial charge in [0.15, 0.2) is 0 Å². The molecule has 2 aliphatic heterocycles.